The Balaban J connectivity index is 2.15. The fraction of sp³-hybridized carbons (Fsp3) is 0.400. The standard InChI is InChI=1S/C25H29BrN2O5S/c1-3-4-5-6-7-19(17-29)23(16-28(30)31)24-15-27(25-14-20(26)10-13-22(24)25)34(32,33)21-11-8-18(2)9-12-21/h8-15,17,19,23H,3-7,16H2,1-2H3/t19-,23-/m1/s1. The average Bonchev–Trinajstić information content (AvgIpc) is 3.17. The maximum atomic E-state index is 13.6. The van der Waals surface area contributed by atoms with Crippen LogP contribution >= 0.6 is 15.9 Å². The molecule has 0 spiro atoms. The normalized spacial score (nSPS) is 13.6. The molecule has 182 valence electrons. The second kappa shape index (κ2) is 11.3. The molecular formula is C25H29BrN2O5S. The number of fused-ring (bicyclic) bond motifs is 1. The molecule has 0 saturated carbocycles. The molecule has 0 N–H and O–H groups in total. The van der Waals surface area contributed by atoms with E-state index >= 15 is 0 Å². The topological polar surface area (TPSA) is 99.3 Å². The fourth-order valence-electron chi connectivity index (χ4n) is 4.31. The minimum atomic E-state index is -3.96. The predicted molar refractivity (Wildman–Crippen MR) is 136 cm³/mol. The van der Waals surface area contributed by atoms with Crippen LogP contribution in [0.25, 0.3) is 10.9 Å². The van der Waals surface area contributed by atoms with E-state index in [9.17, 15) is 23.3 Å². The molecule has 0 aliphatic heterocycles. The number of aromatic nitrogens is 1. The summed E-state index contributed by atoms with van der Waals surface area (Å²) in [6, 6.07) is 11.8. The Labute approximate surface area is 208 Å². The number of benzene rings is 2. The second-order valence-corrected chi connectivity index (χ2v) is 11.4. The summed E-state index contributed by atoms with van der Waals surface area (Å²) in [5.74, 6) is -1.31. The number of nitro groups is 1. The van der Waals surface area contributed by atoms with Crippen molar-refractivity contribution < 1.29 is 18.1 Å². The van der Waals surface area contributed by atoms with Crippen LogP contribution in [0.3, 0.4) is 0 Å². The first-order chi connectivity index (χ1) is 16.2. The van der Waals surface area contributed by atoms with Gasteiger partial charge in [-0.05, 0) is 43.2 Å². The van der Waals surface area contributed by atoms with Crippen molar-refractivity contribution in [3.8, 4) is 0 Å². The third-order valence-corrected chi connectivity index (χ3v) is 8.35. The number of halogens is 1. The molecule has 0 aliphatic rings. The Morgan fingerprint density at radius 1 is 1.12 bits per heavy atom. The SMILES string of the molecule is CCCCCC[C@H](C=O)[C@@H](C[N+](=O)[O-])c1cn(S(=O)(=O)c2ccc(C)cc2)c2cc(Br)ccc12. The van der Waals surface area contributed by atoms with Gasteiger partial charge in [-0.2, -0.15) is 0 Å². The highest BCUT2D eigenvalue weighted by molar-refractivity contribution is 9.10. The molecule has 1 aromatic heterocycles. The summed E-state index contributed by atoms with van der Waals surface area (Å²) in [6.07, 6.45) is 6.59. The van der Waals surface area contributed by atoms with Crippen LogP contribution in [0.4, 0.5) is 0 Å². The number of carbonyl (C=O) groups excluding carboxylic acids is 1. The van der Waals surface area contributed by atoms with Gasteiger partial charge in [0.15, 0.2) is 0 Å². The van der Waals surface area contributed by atoms with Crippen LogP contribution in [0, 0.1) is 23.0 Å². The molecule has 2 aromatic carbocycles. The van der Waals surface area contributed by atoms with Crippen LogP contribution in [0.1, 0.15) is 56.1 Å². The summed E-state index contributed by atoms with van der Waals surface area (Å²) in [4.78, 5) is 23.3. The van der Waals surface area contributed by atoms with E-state index in [1.165, 1.54) is 10.2 Å². The molecule has 0 fully saturated rings. The molecule has 3 aromatic rings. The second-order valence-electron chi connectivity index (χ2n) is 8.63. The molecule has 1 heterocycles. The summed E-state index contributed by atoms with van der Waals surface area (Å²) in [7, 11) is -3.96. The van der Waals surface area contributed by atoms with E-state index in [4.69, 9.17) is 0 Å². The van der Waals surface area contributed by atoms with Crippen molar-refractivity contribution in [2.24, 2.45) is 5.92 Å². The molecule has 34 heavy (non-hydrogen) atoms. The van der Waals surface area contributed by atoms with Crippen LogP contribution in [-0.4, -0.2) is 30.1 Å². The van der Waals surface area contributed by atoms with Crippen molar-refractivity contribution in [1.29, 1.82) is 0 Å². The maximum absolute atomic E-state index is 13.6. The third kappa shape index (κ3) is 5.75. The van der Waals surface area contributed by atoms with Crippen LogP contribution in [-0.2, 0) is 14.8 Å². The zero-order chi connectivity index (χ0) is 24.9. The van der Waals surface area contributed by atoms with Crippen LogP contribution in [0.5, 0.6) is 0 Å². The van der Waals surface area contributed by atoms with Crippen LogP contribution < -0.4 is 0 Å². The lowest BCUT2D eigenvalue weighted by atomic mass is 9.83. The summed E-state index contributed by atoms with van der Waals surface area (Å²) >= 11 is 3.40. The number of aryl methyl sites for hydroxylation is 1. The van der Waals surface area contributed by atoms with E-state index in [0.717, 1.165) is 37.5 Å². The van der Waals surface area contributed by atoms with Crippen LogP contribution in [0.2, 0.25) is 0 Å². The number of unbranched alkanes of at least 4 members (excludes halogenated alkanes) is 3. The van der Waals surface area contributed by atoms with Gasteiger partial charge in [0.2, 0.25) is 6.54 Å². The largest absolute Gasteiger partial charge is 0.303 e. The number of nitrogens with zero attached hydrogens (tertiary/aromatic N) is 2. The summed E-state index contributed by atoms with van der Waals surface area (Å²) < 4.78 is 29.0. The van der Waals surface area contributed by atoms with Gasteiger partial charge in [0.25, 0.3) is 10.0 Å². The van der Waals surface area contributed by atoms with Crippen molar-refractivity contribution in [1.82, 2.24) is 3.97 Å². The third-order valence-electron chi connectivity index (χ3n) is 6.17. The molecule has 7 nitrogen and oxygen atoms in total. The molecular weight excluding hydrogens is 520 g/mol. The minimum Gasteiger partial charge on any atom is -0.303 e. The van der Waals surface area contributed by atoms with E-state index in [-0.39, 0.29) is 4.90 Å². The molecule has 0 bridgehead atoms. The lowest BCUT2D eigenvalue weighted by molar-refractivity contribution is -0.484. The predicted octanol–water partition coefficient (Wildman–Crippen LogP) is 6.10. The number of aldehydes is 1. The first-order valence-electron chi connectivity index (χ1n) is 11.4. The number of rotatable bonds is 12. The zero-order valence-corrected chi connectivity index (χ0v) is 21.7. The van der Waals surface area contributed by atoms with Crippen molar-refractivity contribution in [2.75, 3.05) is 6.54 Å². The number of hydrogen-bond donors (Lipinski definition) is 0. The Bertz CT molecular complexity index is 1270. The Morgan fingerprint density at radius 3 is 2.44 bits per heavy atom. The van der Waals surface area contributed by atoms with Gasteiger partial charge in [-0.1, -0.05) is 72.3 Å². The van der Waals surface area contributed by atoms with Gasteiger partial charge in [-0.25, -0.2) is 12.4 Å². The Hall–Kier alpha value is -2.52. The monoisotopic (exact) mass is 548 g/mol. The Kier molecular flexibility index (Phi) is 8.65. The highest BCUT2D eigenvalue weighted by Crippen LogP contribution is 2.37. The van der Waals surface area contributed by atoms with Gasteiger partial charge >= 0.3 is 0 Å². The molecule has 0 unspecified atom stereocenters. The summed E-state index contributed by atoms with van der Waals surface area (Å²) in [5.41, 5.74) is 1.85. The summed E-state index contributed by atoms with van der Waals surface area (Å²) in [5, 5.41) is 12.2. The van der Waals surface area contributed by atoms with Gasteiger partial charge in [0.05, 0.1) is 16.3 Å². The zero-order valence-electron chi connectivity index (χ0n) is 19.3. The molecule has 2 atom stereocenters. The molecule has 9 heteroatoms. The summed E-state index contributed by atoms with van der Waals surface area (Å²) in [6.45, 7) is 3.52. The van der Waals surface area contributed by atoms with E-state index < -0.39 is 33.3 Å². The quantitative estimate of drug-likeness (QED) is 0.118. The lowest BCUT2D eigenvalue weighted by Gasteiger charge is -2.19. The molecule has 0 amide bonds. The van der Waals surface area contributed by atoms with Crippen molar-refractivity contribution in [3.63, 3.8) is 0 Å². The minimum absolute atomic E-state index is 0.124. The molecule has 3 rings (SSSR count). The van der Waals surface area contributed by atoms with E-state index in [1.54, 1.807) is 42.5 Å². The lowest BCUT2D eigenvalue weighted by Crippen LogP contribution is -2.22. The van der Waals surface area contributed by atoms with Gasteiger partial charge in [0.1, 0.15) is 6.29 Å². The van der Waals surface area contributed by atoms with E-state index in [2.05, 4.69) is 22.9 Å². The highest BCUT2D eigenvalue weighted by Gasteiger charge is 2.32. The molecule has 0 radical (unpaired) electrons. The number of hydrogen-bond acceptors (Lipinski definition) is 5. The van der Waals surface area contributed by atoms with Gasteiger partial charge in [-0.15, -0.1) is 0 Å². The molecule has 0 aliphatic carbocycles. The maximum Gasteiger partial charge on any atom is 0.268 e. The van der Waals surface area contributed by atoms with Gasteiger partial charge in [-0.3, -0.25) is 10.1 Å². The average molecular weight is 549 g/mol. The van der Waals surface area contributed by atoms with Crippen LogP contribution in [0.15, 0.2) is 58.0 Å². The fourth-order valence-corrected chi connectivity index (χ4v) is 6.03. The van der Waals surface area contributed by atoms with E-state index in [0.29, 0.717) is 27.4 Å². The highest BCUT2D eigenvalue weighted by atomic mass is 79.9. The van der Waals surface area contributed by atoms with Crippen molar-refractivity contribution in [3.05, 3.63) is 74.4 Å². The first-order valence-corrected chi connectivity index (χ1v) is 13.6. The van der Waals surface area contributed by atoms with Crippen molar-refractivity contribution >= 4 is 43.1 Å². The van der Waals surface area contributed by atoms with E-state index in [1.807, 2.05) is 6.92 Å². The van der Waals surface area contributed by atoms with Gasteiger partial charge < -0.3 is 4.79 Å². The van der Waals surface area contributed by atoms with Gasteiger partial charge in [0, 0.05) is 26.9 Å². The smallest absolute Gasteiger partial charge is 0.268 e. The Morgan fingerprint density at radius 2 is 1.82 bits per heavy atom. The number of carbonyl (C=O) groups is 1. The van der Waals surface area contributed by atoms with Crippen molar-refractivity contribution in [2.45, 2.75) is 56.8 Å². The molecule has 0 saturated heterocycles. The first kappa shape index (κ1) is 26.1.